The summed E-state index contributed by atoms with van der Waals surface area (Å²) in [5, 5.41) is 0. The molecule has 0 aliphatic rings. The Labute approximate surface area is 204 Å². The lowest BCUT2D eigenvalue weighted by Crippen LogP contribution is -2.41. The van der Waals surface area contributed by atoms with Crippen molar-refractivity contribution in [3.63, 3.8) is 0 Å². The lowest BCUT2D eigenvalue weighted by molar-refractivity contribution is -0.119. The van der Waals surface area contributed by atoms with E-state index in [0.29, 0.717) is 31.1 Å². The van der Waals surface area contributed by atoms with Gasteiger partial charge in [-0.15, -0.1) is 0 Å². The molecule has 35 heavy (non-hydrogen) atoms. The number of aldehydes is 1. The van der Waals surface area contributed by atoms with Gasteiger partial charge >= 0.3 is 0 Å². The highest BCUT2D eigenvalue weighted by atomic mass is 32.2. The molecule has 2 rings (SSSR count). The molecule has 1 aromatic carbocycles. The monoisotopic (exact) mass is 504 g/mol. The van der Waals surface area contributed by atoms with Crippen LogP contribution in [0.4, 0.5) is 11.4 Å². The highest BCUT2D eigenvalue weighted by molar-refractivity contribution is 7.92. The summed E-state index contributed by atoms with van der Waals surface area (Å²) < 4.78 is 26.3. The summed E-state index contributed by atoms with van der Waals surface area (Å²) >= 11 is 0. The minimum atomic E-state index is -3.80. The van der Waals surface area contributed by atoms with Gasteiger partial charge in [0, 0.05) is 25.2 Å². The first-order valence-corrected chi connectivity index (χ1v) is 13.0. The largest absolute Gasteiger partial charge is 0.370 e. The van der Waals surface area contributed by atoms with E-state index in [-0.39, 0.29) is 36.7 Å². The molecule has 0 spiro atoms. The van der Waals surface area contributed by atoms with Crippen LogP contribution in [0.1, 0.15) is 37.3 Å². The Morgan fingerprint density at radius 3 is 2.46 bits per heavy atom. The first-order valence-electron chi connectivity index (χ1n) is 11.1. The predicted molar refractivity (Wildman–Crippen MR) is 137 cm³/mol. The summed E-state index contributed by atoms with van der Waals surface area (Å²) in [6.07, 6.45) is 5.12. The van der Waals surface area contributed by atoms with Gasteiger partial charge in [0.05, 0.1) is 18.0 Å². The van der Waals surface area contributed by atoms with Crippen LogP contribution in [0.3, 0.4) is 0 Å². The van der Waals surface area contributed by atoms with Crippen molar-refractivity contribution in [1.29, 1.82) is 0 Å². The van der Waals surface area contributed by atoms with Crippen molar-refractivity contribution in [2.75, 3.05) is 22.4 Å². The Hall–Kier alpha value is -3.67. The van der Waals surface area contributed by atoms with Gasteiger partial charge in [-0.25, -0.2) is 8.42 Å². The third-order valence-corrected chi connectivity index (χ3v) is 5.82. The molecule has 2 aromatic rings. The molecule has 12 heteroatoms. The molecule has 190 valence electrons. The van der Waals surface area contributed by atoms with Gasteiger partial charge in [-0.3, -0.25) is 19.3 Å². The number of anilines is 2. The number of sulfonamides is 1. The second-order valence-corrected chi connectivity index (χ2v) is 9.86. The topological polar surface area (TPSA) is 181 Å². The zero-order chi connectivity index (χ0) is 26.0. The fraction of sp³-hybridized carbons (Fsp3) is 0.391. The van der Waals surface area contributed by atoms with Crippen LogP contribution in [0.5, 0.6) is 0 Å². The number of aromatic amines is 1. The quantitative estimate of drug-likeness (QED) is 0.135. The van der Waals surface area contributed by atoms with E-state index in [1.807, 2.05) is 30.3 Å². The van der Waals surface area contributed by atoms with Gasteiger partial charge in [-0.2, -0.15) is 0 Å². The molecule has 1 atom stereocenters. The number of aryl methyl sites for hydroxylation is 1. The molecule has 1 heterocycles. The zero-order valence-electron chi connectivity index (χ0n) is 19.9. The number of nitrogens with zero attached hydrogens (tertiary/aromatic N) is 2. The van der Waals surface area contributed by atoms with Gasteiger partial charge in [0.1, 0.15) is 12.0 Å². The van der Waals surface area contributed by atoms with E-state index >= 15 is 0 Å². The number of nitrogens with two attached hydrogens (primary N) is 2. The third-order valence-electron chi connectivity index (χ3n) is 5.24. The molecule has 1 aromatic heterocycles. The standard InChI is InChI=1S/C23H32N6O5S/c1-16(31)29(18(15-30)11-7-13-26-23(24)25)20-14-27-22(32)21(28-35(2,33)34)19(20)12-6-10-17-8-4-3-5-9-17/h3-5,8-9,14-15,18,28H,6-7,10-13H2,1-2H3,(H,27,32)(H4,24,25,26)/t18-/m0/s1. The van der Waals surface area contributed by atoms with Crippen molar-refractivity contribution < 1.29 is 18.0 Å². The molecule has 0 saturated heterocycles. The fourth-order valence-electron chi connectivity index (χ4n) is 3.78. The van der Waals surface area contributed by atoms with Gasteiger partial charge in [0.15, 0.2) is 5.96 Å². The molecule has 0 aliphatic carbocycles. The first kappa shape index (κ1) is 27.6. The van der Waals surface area contributed by atoms with Crippen LogP contribution in [0.15, 0.2) is 46.3 Å². The van der Waals surface area contributed by atoms with Gasteiger partial charge in [-0.1, -0.05) is 30.3 Å². The molecule has 0 aliphatic heterocycles. The Balaban J connectivity index is 2.47. The Morgan fingerprint density at radius 2 is 1.89 bits per heavy atom. The molecule has 6 N–H and O–H groups in total. The predicted octanol–water partition coefficient (Wildman–Crippen LogP) is 0.896. The van der Waals surface area contributed by atoms with Crippen LogP contribution in [-0.4, -0.2) is 50.4 Å². The molecule has 1 amide bonds. The second-order valence-electron chi connectivity index (χ2n) is 8.11. The van der Waals surface area contributed by atoms with Crippen LogP contribution in [-0.2, 0) is 32.5 Å². The van der Waals surface area contributed by atoms with Crippen LogP contribution < -0.4 is 26.6 Å². The van der Waals surface area contributed by atoms with Gasteiger partial charge in [0.25, 0.3) is 5.56 Å². The third kappa shape index (κ3) is 8.56. The maximum atomic E-state index is 12.7. The normalized spacial score (nSPS) is 11.9. The van der Waals surface area contributed by atoms with Gasteiger partial charge in [0.2, 0.25) is 15.9 Å². The van der Waals surface area contributed by atoms with Crippen molar-refractivity contribution in [1.82, 2.24) is 4.98 Å². The number of carbonyl (C=O) groups is 2. The van der Waals surface area contributed by atoms with Crippen LogP contribution in [0.25, 0.3) is 0 Å². The molecule has 0 fully saturated rings. The van der Waals surface area contributed by atoms with Crippen LogP contribution >= 0.6 is 0 Å². The molecule has 11 nitrogen and oxygen atoms in total. The summed E-state index contributed by atoms with van der Waals surface area (Å²) in [7, 11) is -3.80. The molecule has 0 radical (unpaired) electrons. The number of benzene rings is 1. The molecule has 0 bridgehead atoms. The fourth-order valence-corrected chi connectivity index (χ4v) is 4.37. The lowest BCUT2D eigenvalue weighted by atomic mass is 10.0. The number of carbonyl (C=O) groups excluding carboxylic acids is 2. The van der Waals surface area contributed by atoms with Crippen molar-refractivity contribution in [3.8, 4) is 0 Å². The lowest BCUT2D eigenvalue weighted by Gasteiger charge is -2.30. The minimum absolute atomic E-state index is 0.0751. The van der Waals surface area contributed by atoms with Crippen molar-refractivity contribution >= 4 is 39.6 Å². The number of amides is 1. The first-order chi connectivity index (χ1) is 16.5. The van der Waals surface area contributed by atoms with Crippen molar-refractivity contribution in [2.24, 2.45) is 16.5 Å². The van der Waals surface area contributed by atoms with Crippen LogP contribution in [0, 0.1) is 0 Å². The average Bonchev–Trinajstić information content (AvgIpc) is 2.78. The number of aromatic nitrogens is 1. The molecule has 0 saturated carbocycles. The van der Waals surface area contributed by atoms with Crippen LogP contribution in [0.2, 0.25) is 0 Å². The van der Waals surface area contributed by atoms with E-state index in [0.717, 1.165) is 11.8 Å². The van der Waals surface area contributed by atoms with Gasteiger partial charge in [-0.05, 0) is 37.7 Å². The smallest absolute Gasteiger partial charge is 0.272 e. The molecular weight excluding hydrogens is 472 g/mol. The summed E-state index contributed by atoms with van der Waals surface area (Å²) in [6, 6.07) is 8.80. The number of guanidine groups is 1. The highest BCUT2D eigenvalue weighted by Gasteiger charge is 2.27. The van der Waals surface area contributed by atoms with E-state index < -0.39 is 27.5 Å². The Bertz CT molecular complexity index is 1210. The second kappa shape index (κ2) is 12.7. The van der Waals surface area contributed by atoms with E-state index in [1.165, 1.54) is 18.0 Å². The Kier molecular flexibility index (Phi) is 10.0. The Morgan fingerprint density at radius 1 is 1.20 bits per heavy atom. The number of hydrogen-bond acceptors (Lipinski definition) is 6. The van der Waals surface area contributed by atoms with E-state index in [4.69, 9.17) is 11.5 Å². The summed E-state index contributed by atoms with van der Waals surface area (Å²) in [5.74, 6) is -0.514. The summed E-state index contributed by atoms with van der Waals surface area (Å²) in [4.78, 5) is 44.9. The number of nitrogens with one attached hydrogen (secondary N) is 2. The number of aliphatic imine (C=N–C) groups is 1. The summed E-state index contributed by atoms with van der Waals surface area (Å²) in [5.41, 5.74) is 11.5. The van der Waals surface area contributed by atoms with Crippen molar-refractivity contribution in [2.45, 2.75) is 45.1 Å². The molecule has 0 unspecified atom stereocenters. The highest BCUT2D eigenvalue weighted by Crippen LogP contribution is 2.29. The number of H-pyrrole nitrogens is 1. The maximum absolute atomic E-state index is 12.7. The summed E-state index contributed by atoms with van der Waals surface area (Å²) in [6.45, 7) is 1.57. The van der Waals surface area contributed by atoms with Crippen molar-refractivity contribution in [3.05, 3.63) is 58.0 Å². The molecular formula is C23H32N6O5S. The van der Waals surface area contributed by atoms with Gasteiger partial charge < -0.3 is 26.1 Å². The average molecular weight is 505 g/mol. The minimum Gasteiger partial charge on any atom is -0.370 e. The SMILES string of the molecule is CC(=O)N(c1c[nH]c(=O)c(NS(C)(=O)=O)c1CCCc1ccccc1)[C@H](C=O)CCCN=C(N)N. The number of hydrogen-bond donors (Lipinski definition) is 4. The maximum Gasteiger partial charge on any atom is 0.272 e. The van der Waals surface area contributed by atoms with E-state index in [9.17, 15) is 22.8 Å². The van der Waals surface area contributed by atoms with E-state index in [1.54, 1.807) is 0 Å². The number of rotatable bonds is 13. The zero-order valence-corrected chi connectivity index (χ0v) is 20.7. The number of pyridine rings is 1. The van der Waals surface area contributed by atoms with E-state index in [2.05, 4.69) is 14.7 Å².